The van der Waals surface area contributed by atoms with E-state index in [1.54, 1.807) is 19.3 Å². The van der Waals surface area contributed by atoms with Gasteiger partial charge < -0.3 is 5.32 Å². The van der Waals surface area contributed by atoms with Crippen LogP contribution in [0.2, 0.25) is 0 Å². The standard InChI is InChI=1S/C10H14N2O/c1-7-4-5-9(6-12-7)10(13)8(2)11-3/h4-6,8,11H,1-3H3. The number of hydrogen-bond donors (Lipinski definition) is 1. The molecule has 0 saturated carbocycles. The summed E-state index contributed by atoms with van der Waals surface area (Å²) in [4.78, 5) is 15.7. The molecule has 0 radical (unpaired) electrons. The number of hydrogen-bond acceptors (Lipinski definition) is 3. The molecule has 0 aliphatic rings. The Labute approximate surface area is 78.2 Å². The largest absolute Gasteiger partial charge is 0.310 e. The van der Waals surface area contributed by atoms with Crippen LogP contribution in [0.15, 0.2) is 18.3 Å². The lowest BCUT2D eigenvalue weighted by Crippen LogP contribution is -2.30. The second kappa shape index (κ2) is 4.14. The fraction of sp³-hybridized carbons (Fsp3) is 0.400. The normalized spacial score (nSPS) is 12.5. The molecular formula is C10H14N2O. The molecule has 1 aromatic heterocycles. The van der Waals surface area contributed by atoms with Crippen molar-refractivity contribution < 1.29 is 4.79 Å². The molecule has 13 heavy (non-hydrogen) atoms. The van der Waals surface area contributed by atoms with Crippen LogP contribution in [0.25, 0.3) is 0 Å². The number of carbonyl (C=O) groups is 1. The smallest absolute Gasteiger partial charge is 0.180 e. The molecule has 1 N–H and O–H groups in total. The number of nitrogens with zero attached hydrogens (tertiary/aromatic N) is 1. The minimum atomic E-state index is -0.149. The summed E-state index contributed by atoms with van der Waals surface area (Å²) in [5, 5.41) is 2.90. The number of nitrogens with one attached hydrogen (secondary N) is 1. The highest BCUT2D eigenvalue weighted by Crippen LogP contribution is 2.02. The van der Waals surface area contributed by atoms with Gasteiger partial charge in [0.05, 0.1) is 6.04 Å². The van der Waals surface area contributed by atoms with Crippen LogP contribution in [0.4, 0.5) is 0 Å². The molecule has 1 atom stereocenters. The fourth-order valence-electron chi connectivity index (χ4n) is 0.995. The lowest BCUT2D eigenvalue weighted by Gasteiger charge is -2.08. The number of pyridine rings is 1. The lowest BCUT2D eigenvalue weighted by atomic mass is 10.1. The van der Waals surface area contributed by atoms with Crippen LogP contribution < -0.4 is 5.32 Å². The van der Waals surface area contributed by atoms with Crippen molar-refractivity contribution in [1.29, 1.82) is 0 Å². The fourth-order valence-corrected chi connectivity index (χ4v) is 0.995. The molecule has 0 amide bonds. The van der Waals surface area contributed by atoms with Gasteiger partial charge in [0.25, 0.3) is 0 Å². The number of ketones is 1. The van der Waals surface area contributed by atoms with Crippen molar-refractivity contribution in [2.75, 3.05) is 7.05 Å². The van der Waals surface area contributed by atoms with Crippen LogP contribution in [-0.2, 0) is 0 Å². The first-order valence-electron chi connectivity index (χ1n) is 4.29. The lowest BCUT2D eigenvalue weighted by molar-refractivity contribution is 0.0954. The number of aryl methyl sites for hydroxylation is 1. The Hall–Kier alpha value is -1.22. The molecule has 1 rings (SSSR count). The first kappa shape index (κ1) is 9.86. The van der Waals surface area contributed by atoms with Gasteiger partial charge in [-0.05, 0) is 33.0 Å². The maximum atomic E-state index is 11.6. The van der Waals surface area contributed by atoms with Crippen molar-refractivity contribution in [3.8, 4) is 0 Å². The number of rotatable bonds is 3. The van der Waals surface area contributed by atoms with Crippen LogP contribution in [0.1, 0.15) is 23.0 Å². The molecule has 0 aromatic carbocycles. The monoisotopic (exact) mass is 178 g/mol. The third kappa shape index (κ3) is 2.36. The summed E-state index contributed by atoms with van der Waals surface area (Å²) in [7, 11) is 1.77. The van der Waals surface area contributed by atoms with Crippen molar-refractivity contribution in [3.63, 3.8) is 0 Å². The third-order valence-electron chi connectivity index (χ3n) is 2.02. The zero-order valence-electron chi connectivity index (χ0n) is 8.16. The number of aromatic nitrogens is 1. The summed E-state index contributed by atoms with van der Waals surface area (Å²) in [6, 6.07) is 3.50. The summed E-state index contributed by atoms with van der Waals surface area (Å²) >= 11 is 0. The average Bonchev–Trinajstić information content (AvgIpc) is 2.17. The molecule has 1 aromatic rings. The summed E-state index contributed by atoms with van der Waals surface area (Å²) < 4.78 is 0. The Kier molecular flexibility index (Phi) is 3.14. The van der Waals surface area contributed by atoms with Gasteiger partial charge in [0.15, 0.2) is 5.78 Å². The predicted octanol–water partition coefficient (Wildman–Crippen LogP) is 1.18. The zero-order valence-corrected chi connectivity index (χ0v) is 8.16. The van der Waals surface area contributed by atoms with E-state index in [1.165, 1.54) is 0 Å². The van der Waals surface area contributed by atoms with Crippen molar-refractivity contribution in [1.82, 2.24) is 10.3 Å². The minimum absolute atomic E-state index is 0.0787. The first-order valence-corrected chi connectivity index (χ1v) is 4.29. The highest BCUT2D eigenvalue weighted by molar-refractivity contribution is 5.99. The van der Waals surface area contributed by atoms with Gasteiger partial charge in [0, 0.05) is 17.5 Å². The molecule has 0 spiro atoms. The third-order valence-corrected chi connectivity index (χ3v) is 2.02. The number of likely N-dealkylation sites (N-methyl/N-ethyl adjacent to an activating group) is 1. The van der Waals surface area contributed by atoms with E-state index in [0.717, 1.165) is 5.69 Å². The van der Waals surface area contributed by atoms with Gasteiger partial charge in [0.2, 0.25) is 0 Å². The molecule has 1 unspecified atom stereocenters. The number of carbonyl (C=O) groups excluding carboxylic acids is 1. The molecule has 3 heteroatoms. The first-order chi connectivity index (χ1) is 6.15. The zero-order chi connectivity index (χ0) is 9.84. The Morgan fingerprint density at radius 3 is 2.69 bits per heavy atom. The van der Waals surface area contributed by atoms with Crippen LogP contribution in [-0.4, -0.2) is 23.9 Å². The topological polar surface area (TPSA) is 42.0 Å². The maximum absolute atomic E-state index is 11.6. The van der Waals surface area contributed by atoms with Gasteiger partial charge in [-0.25, -0.2) is 0 Å². The van der Waals surface area contributed by atoms with E-state index in [9.17, 15) is 4.79 Å². The van der Waals surface area contributed by atoms with Crippen molar-refractivity contribution in [2.24, 2.45) is 0 Å². The van der Waals surface area contributed by atoms with E-state index < -0.39 is 0 Å². The second-order valence-electron chi connectivity index (χ2n) is 3.06. The van der Waals surface area contributed by atoms with Gasteiger partial charge in [-0.3, -0.25) is 9.78 Å². The highest BCUT2D eigenvalue weighted by atomic mass is 16.1. The van der Waals surface area contributed by atoms with E-state index in [4.69, 9.17) is 0 Å². The van der Waals surface area contributed by atoms with E-state index in [0.29, 0.717) is 5.56 Å². The van der Waals surface area contributed by atoms with Crippen molar-refractivity contribution in [2.45, 2.75) is 19.9 Å². The van der Waals surface area contributed by atoms with E-state index in [1.807, 2.05) is 19.9 Å². The molecule has 0 aliphatic heterocycles. The second-order valence-corrected chi connectivity index (χ2v) is 3.06. The molecule has 70 valence electrons. The summed E-state index contributed by atoms with van der Waals surface area (Å²) in [5.74, 6) is 0.0787. The molecule has 0 saturated heterocycles. The summed E-state index contributed by atoms with van der Waals surface area (Å²) in [6.07, 6.45) is 1.62. The van der Waals surface area contributed by atoms with Crippen LogP contribution in [0, 0.1) is 6.92 Å². The number of Topliss-reactive ketones (excluding diaryl/α,β-unsaturated/α-hetero) is 1. The molecular weight excluding hydrogens is 164 g/mol. The molecule has 0 bridgehead atoms. The molecule has 1 heterocycles. The Balaban J connectivity index is 2.83. The van der Waals surface area contributed by atoms with Gasteiger partial charge in [0.1, 0.15) is 0 Å². The molecule has 0 fully saturated rings. The quantitative estimate of drug-likeness (QED) is 0.707. The van der Waals surface area contributed by atoms with Crippen LogP contribution >= 0.6 is 0 Å². The minimum Gasteiger partial charge on any atom is -0.310 e. The van der Waals surface area contributed by atoms with Crippen LogP contribution in [0.3, 0.4) is 0 Å². The van der Waals surface area contributed by atoms with E-state index in [2.05, 4.69) is 10.3 Å². The summed E-state index contributed by atoms with van der Waals surface area (Å²) in [6.45, 7) is 3.73. The van der Waals surface area contributed by atoms with E-state index in [-0.39, 0.29) is 11.8 Å². The Morgan fingerprint density at radius 2 is 2.23 bits per heavy atom. The predicted molar refractivity (Wildman–Crippen MR) is 51.8 cm³/mol. The Bertz CT molecular complexity index is 292. The highest BCUT2D eigenvalue weighted by Gasteiger charge is 2.12. The maximum Gasteiger partial charge on any atom is 0.180 e. The average molecular weight is 178 g/mol. The van der Waals surface area contributed by atoms with Gasteiger partial charge in [-0.2, -0.15) is 0 Å². The Morgan fingerprint density at radius 1 is 1.54 bits per heavy atom. The summed E-state index contributed by atoms with van der Waals surface area (Å²) in [5.41, 5.74) is 1.58. The SMILES string of the molecule is CNC(C)C(=O)c1ccc(C)nc1. The molecule has 3 nitrogen and oxygen atoms in total. The van der Waals surface area contributed by atoms with E-state index >= 15 is 0 Å². The van der Waals surface area contributed by atoms with Crippen molar-refractivity contribution >= 4 is 5.78 Å². The van der Waals surface area contributed by atoms with Gasteiger partial charge >= 0.3 is 0 Å². The van der Waals surface area contributed by atoms with Crippen molar-refractivity contribution in [3.05, 3.63) is 29.6 Å². The van der Waals surface area contributed by atoms with Crippen LogP contribution in [0.5, 0.6) is 0 Å². The van der Waals surface area contributed by atoms with Gasteiger partial charge in [-0.15, -0.1) is 0 Å². The van der Waals surface area contributed by atoms with Gasteiger partial charge in [-0.1, -0.05) is 0 Å². The molecule has 0 aliphatic carbocycles.